The van der Waals surface area contributed by atoms with Gasteiger partial charge in [0.15, 0.2) is 5.82 Å². The van der Waals surface area contributed by atoms with Gasteiger partial charge >= 0.3 is 0 Å². The molecule has 2 aliphatic rings. The summed E-state index contributed by atoms with van der Waals surface area (Å²) in [5, 5.41) is 7.34. The van der Waals surface area contributed by atoms with E-state index < -0.39 is 0 Å². The van der Waals surface area contributed by atoms with Crippen LogP contribution in [0.3, 0.4) is 0 Å². The molecule has 6 heteroatoms. The van der Waals surface area contributed by atoms with Crippen molar-refractivity contribution in [3.63, 3.8) is 0 Å². The summed E-state index contributed by atoms with van der Waals surface area (Å²) in [4.78, 5) is 19.2. The molecule has 0 spiro atoms. The minimum Gasteiger partial charge on any atom is -0.356 e. The Labute approximate surface area is 173 Å². The molecular formula is C23H32N4O2. The highest BCUT2D eigenvalue weighted by molar-refractivity contribution is 5.76. The van der Waals surface area contributed by atoms with Crippen LogP contribution in [-0.2, 0) is 17.8 Å². The lowest BCUT2D eigenvalue weighted by molar-refractivity contribution is -0.121. The predicted octanol–water partition coefficient (Wildman–Crippen LogP) is 3.69. The van der Waals surface area contributed by atoms with Crippen molar-refractivity contribution in [1.82, 2.24) is 20.4 Å². The number of nitrogens with one attached hydrogen (secondary N) is 1. The second-order valence-corrected chi connectivity index (χ2v) is 8.56. The molecule has 1 amide bonds. The van der Waals surface area contributed by atoms with E-state index in [1.54, 1.807) is 0 Å². The summed E-state index contributed by atoms with van der Waals surface area (Å²) in [6.45, 7) is 3.54. The van der Waals surface area contributed by atoms with Gasteiger partial charge in [0.25, 0.3) is 0 Å². The number of piperidine rings is 1. The molecule has 2 fully saturated rings. The number of nitrogens with zero attached hydrogens (tertiary/aromatic N) is 3. The van der Waals surface area contributed by atoms with Crippen molar-refractivity contribution in [3.05, 3.63) is 47.6 Å². The van der Waals surface area contributed by atoms with Crippen molar-refractivity contribution in [2.75, 3.05) is 19.6 Å². The molecule has 1 atom stereocenters. The van der Waals surface area contributed by atoms with Gasteiger partial charge in [-0.1, -0.05) is 48.3 Å². The van der Waals surface area contributed by atoms with Gasteiger partial charge in [-0.05, 0) is 50.1 Å². The Morgan fingerprint density at radius 2 is 1.97 bits per heavy atom. The molecule has 2 heterocycles. The summed E-state index contributed by atoms with van der Waals surface area (Å²) in [5.74, 6) is 2.74. The summed E-state index contributed by atoms with van der Waals surface area (Å²) >= 11 is 0. The van der Waals surface area contributed by atoms with Crippen LogP contribution in [0.5, 0.6) is 0 Å². The second-order valence-electron chi connectivity index (χ2n) is 8.56. The monoisotopic (exact) mass is 396 g/mol. The smallest absolute Gasteiger partial charge is 0.229 e. The van der Waals surface area contributed by atoms with Gasteiger partial charge in [-0.25, -0.2) is 0 Å². The van der Waals surface area contributed by atoms with Crippen LogP contribution in [0.2, 0.25) is 0 Å². The minimum atomic E-state index is 0.144. The Hall–Kier alpha value is -2.21. The molecule has 6 nitrogen and oxygen atoms in total. The van der Waals surface area contributed by atoms with E-state index in [0.29, 0.717) is 18.3 Å². The zero-order valence-electron chi connectivity index (χ0n) is 17.2. The zero-order chi connectivity index (χ0) is 19.9. The first-order valence-corrected chi connectivity index (χ1v) is 11.1. The van der Waals surface area contributed by atoms with Gasteiger partial charge in [0.1, 0.15) is 0 Å². The number of hydrogen-bond donors (Lipinski definition) is 1. The Kier molecular flexibility index (Phi) is 6.93. The molecule has 0 bridgehead atoms. The SMILES string of the molecule is O=C(CCc1ccccc1)NCC1CCCN(Cc2noc(C3CCCC3)n2)C1. The molecule has 0 radical (unpaired) electrons. The normalized spacial score (nSPS) is 20.8. The predicted molar refractivity (Wildman–Crippen MR) is 111 cm³/mol. The third-order valence-electron chi connectivity index (χ3n) is 6.23. The largest absolute Gasteiger partial charge is 0.356 e. The Bertz CT molecular complexity index is 770. The second kappa shape index (κ2) is 10.0. The molecule has 1 unspecified atom stereocenters. The van der Waals surface area contributed by atoms with Crippen molar-refractivity contribution in [2.45, 2.75) is 63.8 Å². The average Bonchev–Trinajstić information content (AvgIpc) is 3.44. The number of aromatic nitrogens is 2. The maximum absolute atomic E-state index is 12.2. The molecular weight excluding hydrogens is 364 g/mol. The van der Waals surface area contributed by atoms with E-state index in [1.165, 1.54) is 31.2 Å². The van der Waals surface area contributed by atoms with Gasteiger partial charge in [0.2, 0.25) is 11.8 Å². The van der Waals surface area contributed by atoms with Gasteiger partial charge in [-0.3, -0.25) is 9.69 Å². The van der Waals surface area contributed by atoms with Crippen molar-refractivity contribution in [3.8, 4) is 0 Å². The topological polar surface area (TPSA) is 71.3 Å². The maximum atomic E-state index is 12.2. The fraction of sp³-hybridized carbons (Fsp3) is 0.609. The van der Waals surface area contributed by atoms with Crippen LogP contribution in [0.1, 0.15) is 68.1 Å². The Balaban J connectivity index is 1.19. The number of likely N-dealkylation sites (tertiary alicyclic amines) is 1. The molecule has 1 saturated carbocycles. The van der Waals surface area contributed by atoms with E-state index in [9.17, 15) is 4.79 Å². The Morgan fingerprint density at radius 3 is 2.79 bits per heavy atom. The van der Waals surface area contributed by atoms with Gasteiger partial charge in [-0.2, -0.15) is 4.98 Å². The van der Waals surface area contributed by atoms with E-state index in [0.717, 1.165) is 57.2 Å². The highest BCUT2D eigenvalue weighted by atomic mass is 16.5. The van der Waals surface area contributed by atoms with Crippen LogP contribution in [0, 0.1) is 5.92 Å². The summed E-state index contributed by atoms with van der Waals surface area (Å²) in [6, 6.07) is 10.2. The fourth-order valence-corrected chi connectivity index (χ4v) is 4.58. The zero-order valence-corrected chi connectivity index (χ0v) is 17.2. The molecule has 1 aromatic carbocycles. The van der Waals surface area contributed by atoms with Crippen LogP contribution in [-0.4, -0.2) is 40.6 Å². The molecule has 156 valence electrons. The number of rotatable bonds is 8. The van der Waals surface area contributed by atoms with Gasteiger partial charge in [0, 0.05) is 25.4 Å². The summed E-state index contributed by atoms with van der Waals surface area (Å²) in [6.07, 6.45) is 8.56. The number of aryl methyl sites for hydroxylation is 1. The minimum absolute atomic E-state index is 0.144. The number of hydrogen-bond acceptors (Lipinski definition) is 5. The third-order valence-corrected chi connectivity index (χ3v) is 6.23. The quantitative estimate of drug-likeness (QED) is 0.737. The first-order valence-electron chi connectivity index (χ1n) is 11.1. The summed E-state index contributed by atoms with van der Waals surface area (Å²) < 4.78 is 5.51. The molecule has 2 aromatic rings. The lowest BCUT2D eigenvalue weighted by Crippen LogP contribution is -2.40. The molecule has 1 aliphatic heterocycles. The van der Waals surface area contributed by atoms with Crippen molar-refractivity contribution in [2.24, 2.45) is 5.92 Å². The van der Waals surface area contributed by atoms with E-state index in [4.69, 9.17) is 4.52 Å². The van der Waals surface area contributed by atoms with Crippen LogP contribution in [0.4, 0.5) is 0 Å². The molecule has 1 aromatic heterocycles. The van der Waals surface area contributed by atoms with Crippen molar-refractivity contribution in [1.29, 1.82) is 0 Å². The first kappa shape index (κ1) is 20.1. The molecule has 1 saturated heterocycles. The number of amides is 1. The lowest BCUT2D eigenvalue weighted by Gasteiger charge is -2.31. The summed E-state index contributed by atoms with van der Waals surface area (Å²) in [7, 11) is 0. The van der Waals surface area contributed by atoms with Crippen molar-refractivity contribution < 1.29 is 9.32 Å². The van der Waals surface area contributed by atoms with Crippen LogP contribution in [0.15, 0.2) is 34.9 Å². The van der Waals surface area contributed by atoms with Crippen LogP contribution in [0.25, 0.3) is 0 Å². The van der Waals surface area contributed by atoms with Crippen molar-refractivity contribution >= 4 is 5.91 Å². The Morgan fingerprint density at radius 1 is 1.14 bits per heavy atom. The van der Waals surface area contributed by atoms with Crippen LogP contribution >= 0.6 is 0 Å². The maximum Gasteiger partial charge on any atom is 0.229 e. The molecule has 29 heavy (non-hydrogen) atoms. The van der Waals surface area contributed by atoms with E-state index >= 15 is 0 Å². The lowest BCUT2D eigenvalue weighted by atomic mass is 9.98. The number of carbonyl (C=O) groups excluding carboxylic acids is 1. The molecule has 4 rings (SSSR count). The van der Waals surface area contributed by atoms with Gasteiger partial charge in [0.05, 0.1) is 6.54 Å². The third kappa shape index (κ3) is 5.89. The van der Waals surface area contributed by atoms with Gasteiger partial charge in [-0.15, -0.1) is 0 Å². The average molecular weight is 397 g/mol. The van der Waals surface area contributed by atoms with Gasteiger partial charge < -0.3 is 9.84 Å². The van der Waals surface area contributed by atoms with E-state index in [-0.39, 0.29) is 5.91 Å². The van der Waals surface area contributed by atoms with E-state index in [1.807, 2.05) is 18.2 Å². The highest BCUT2D eigenvalue weighted by Crippen LogP contribution is 2.33. The van der Waals surface area contributed by atoms with Crippen LogP contribution < -0.4 is 5.32 Å². The molecule has 1 aliphatic carbocycles. The molecule has 1 N–H and O–H groups in total. The number of carbonyl (C=O) groups is 1. The number of benzene rings is 1. The summed E-state index contributed by atoms with van der Waals surface area (Å²) in [5.41, 5.74) is 1.21. The van der Waals surface area contributed by atoms with E-state index in [2.05, 4.69) is 32.5 Å². The standard InChI is InChI=1S/C23H32N4O2/c28-22(13-12-18-7-2-1-3-8-18)24-15-19-9-6-14-27(16-19)17-21-25-23(29-26-21)20-10-4-5-11-20/h1-3,7-8,19-20H,4-6,9-17H2,(H,24,28). The first-order chi connectivity index (χ1) is 14.3. The fourth-order valence-electron chi connectivity index (χ4n) is 4.58. The highest BCUT2D eigenvalue weighted by Gasteiger charge is 2.25.